The zero-order valence-corrected chi connectivity index (χ0v) is 9.59. The first kappa shape index (κ1) is 15.2. The summed E-state index contributed by atoms with van der Waals surface area (Å²) in [5.41, 5.74) is 0.390. The highest BCUT2D eigenvalue weighted by molar-refractivity contribution is 6.30. The Hall–Kier alpha value is -1.83. The van der Waals surface area contributed by atoms with Crippen molar-refractivity contribution in [3.05, 3.63) is 59.9 Å². The summed E-state index contributed by atoms with van der Waals surface area (Å²) in [5.74, 6) is -2.98. The molecule has 2 rings (SSSR count). The zero-order chi connectivity index (χ0) is 14.4. The van der Waals surface area contributed by atoms with E-state index in [9.17, 15) is 13.2 Å². The van der Waals surface area contributed by atoms with Gasteiger partial charge in [0.25, 0.3) is 0 Å². The van der Waals surface area contributed by atoms with E-state index in [1.165, 1.54) is 0 Å². The molecule has 0 radical (unpaired) electrons. The van der Waals surface area contributed by atoms with Crippen molar-refractivity contribution in [1.29, 1.82) is 0 Å². The molecule has 2 aromatic carbocycles. The molecular weight excluding hydrogens is 260 g/mol. The van der Waals surface area contributed by atoms with Gasteiger partial charge in [0.2, 0.25) is 0 Å². The summed E-state index contributed by atoms with van der Waals surface area (Å²) >= 11 is 0. The Kier molecular flexibility index (Phi) is 5.56. The van der Waals surface area contributed by atoms with Crippen molar-refractivity contribution in [3.8, 4) is 11.1 Å². The van der Waals surface area contributed by atoms with Gasteiger partial charge < -0.3 is 15.1 Å². The third-order valence-corrected chi connectivity index (χ3v) is 2.08. The minimum atomic E-state index is -2.17. The van der Waals surface area contributed by atoms with Gasteiger partial charge in [-0.2, -0.15) is 0 Å². The van der Waals surface area contributed by atoms with E-state index in [0.29, 0.717) is 11.6 Å². The largest absolute Gasteiger partial charge is 0.631 e. The van der Waals surface area contributed by atoms with E-state index in [2.05, 4.69) is 0 Å². The molecule has 0 aliphatic rings. The first-order valence-corrected chi connectivity index (χ1v) is 5.16. The third-order valence-electron chi connectivity index (χ3n) is 2.08. The van der Waals surface area contributed by atoms with E-state index >= 15 is 0 Å². The minimum Gasteiger partial charge on any atom is -0.402 e. The quantitative estimate of drug-likeness (QED) is 0.546. The van der Waals surface area contributed by atoms with Gasteiger partial charge in [0.15, 0.2) is 11.6 Å². The summed E-state index contributed by atoms with van der Waals surface area (Å²) in [6.07, 6.45) is 0. The smallest absolute Gasteiger partial charge is 0.402 e. The maximum Gasteiger partial charge on any atom is 0.631 e. The van der Waals surface area contributed by atoms with Gasteiger partial charge in [-0.3, -0.25) is 0 Å². The highest BCUT2D eigenvalue weighted by Gasteiger charge is 2.11. The molecule has 0 aliphatic heterocycles. The normalized spacial score (nSPS) is 9.58. The van der Waals surface area contributed by atoms with Crippen LogP contribution in [0.1, 0.15) is 0 Å². The predicted octanol–water partition coefficient (Wildman–Crippen LogP) is 1.72. The summed E-state index contributed by atoms with van der Waals surface area (Å²) in [5, 5.41) is 21.5. The monoisotopic (exact) mass is 270 g/mol. The molecule has 0 unspecified atom stereocenters. The van der Waals surface area contributed by atoms with Crippen LogP contribution in [0.3, 0.4) is 0 Å². The van der Waals surface area contributed by atoms with Crippen LogP contribution in [0.25, 0.3) is 11.1 Å². The fourth-order valence-electron chi connectivity index (χ4n) is 1.38. The molecular formula is C12H10BF3O3. The molecule has 2 aromatic rings. The third kappa shape index (κ3) is 4.74. The molecule has 0 saturated carbocycles. The van der Waals surface area contributed by atoms with Crippen molar-refractivity contribution in [3.63, 3.8) is 0 Å². The summed E-state index contributed by atoms with van der Waals surface area (Å²) in [7, 11) is -2.17. The molecule has 0 bridgehead atoms. The van der Waals surface area contributed by atoms with Crippen LogP contribution in [0, 0.1) is 17.5 Å². The first-order chi connectivity index (χ1) is 8.91. The highest BCUT2D eigenvalue weighted by atomic mass is 19.2. The Balaban J connectivity index is 0.000000399. The maximum atomic E-state index is 13.3. The van der Waals surface area contributed by atoms with Crippen molar-refractivity contribution < 1.29 is 28.2 Å². The predicted molar refractivity (Wildman–Crippen MR) is 64.2 cm³/mol. The van der Waals surface area contributed by atoms with Gasteiger partial charge in [-0.1, -0.05) is 30.3 Å². The van der Waals surface area contributed by atoms with Gasteiger partial charge >= 0.3 is 7.32 Å². The van der Waals surface area contributed by atoms with Crippen LogP contribution in [-0.4, -0.2) is 22.4 Å². The topological polar surface area (TPSA) is 60.7 Å². The lowest BCUT2D eigenvalue weighted by Crippen LogP contribution is -2.07. The van der Waals surface area contributed by atoms with Gasteiger partial charge in [0, 0.05) is 11.6 Å². The number of benzene rings is 2. The molecule has 0 atom stereocenters. The minimum absolute atomic E-state index is 0.0619. The summed E-state index contributed by atoms with van der Waals surface area (Å²) in [6, 6.07) is 9.80. The van der Waals surface area contributed by atoms with Crippen LogP contribution in [0.4, 0.5) is 13.2 Å². The molecule has 7 heteroatoms. The van der Waals surface area contributed by atoms with Crippen molar-refractivity contribution in [2.24, 2.45) is 0 Å². The first-order valence-electron chi connectivity index (χ1n) is 5.16. The van der Waals surface area contributed by atoms with Gasteiger partial charge in [0.1, 0.15) is 5.82 Å². The van der Waals surface area contributed by atoms with E-state index in [0.717, 1.165) is 6.07 Å². The molecule has 3 nitrogen and oxygen atoms in total. The van der Waals surface area contributed by atoms with E-state index in [-0.39, 0.29) is 5.56 Å². The molecule has 0 fully saturated rings. The number of rotatable bonds is 1. The van der Waals surface area contributed by atoms with Crippen LogP contribution < -0.4 is 0 Å². The Morgan fingerprint density at radius 2 is 1.37 bits per heavy atom. The number of hydrogen-bond donors (Lipinski definition) is 3. The Labute approximate surface area is 107 Å². The molecule has 0 saturated heterocycles. The number of halogens is 3. The van der Waals surface area contributed by atoms with E-state index in [1.807, 2.05) is 0 Å². The molecule has 100 valence electrons. The van der Waals surface area contributed by atoms with Gasteiger partial charge in [-0.05, 0) is 11.6 Å². The maximum absolute atomic E-state index is 13.3. The fraction of sp³-hybridized carbons (Fsp3) is 0. The lowest BCUT2D eigenvalue weighted by atomic mass is 10.1. The van der Waals surface area contributed by atoms with E-state index in [4.69, 9.17) is 15.1 Å². The molecule has 0 heterocycles. The van der Waals surface area contributed by atoms with Crippen molar-refractivity contribution in [2.45, 2.75) is 0 Å². The zero-order valence-electron chi connectivity index (χ0n) is 9.59. The summed E-state index contributed by atoms with van der Waals surface area (Å²) in [4.78, 5) is 0. The van der Waals surface area contributed by atoms with Crippen LogP contribution >= 0.6 is 0 Å². The molecule has 19 heavy (non-hydrogen) atoms. The lowest BCUT2D eigenvalue weighted by molar-refractivity contribution is 0.278. The van der Waals surface area contributed by atoms with Gasteiger partial charge in [-0.25, -0.2) is 13.2 Å². The van der Waals surface area contributed by atoms with Crippen molar-refractivity contribution in [1.82, 2.24) is 0 Å². The van der Waals surface area contributed by atoms with E-state index < -0.39 is 24.8 Å². The number of hydrogen-bond acceptors (Lipinski definition) is 3. The SMILES string of the molecule is Fc1cc(F)c(F)c(-c2ccccc2)c1.OB(O)O. The molecule has 0 spiro atoms. The average Bonchev–Trinajstić information content (AvgIpc) is 2.34. The van der Waals surface area contributed by atoms with Crippen molar-refractivity contribution >= 4 is 7.32 Å². The molecule has 0 amide bonds. The summed E-state index contributed by atoms with van der Waals surface area (Å²) in [6.45, 7) is 0. The fourth-order valence-corrected chi connectivity index (χ4v) is 1.38. The second-order valence-corrected chi connectivity index (χ2v) is 3.46. The molecule has 3 N–H and O–H groups in total. The van der Waals surface area contributed by atoms with Crippen LogP contribution in [0.15, 0.2) is 42.5 Å². The Bertz CT molecular complexity index is 532. The summed E-state index contributed by atoms with van der Waals surface area (Å²) < 4.78 is 39.1. The Morgan fingerprint density at radius 3 is 1.89 bits per heavy atom. The Morgan fingerprint density at radius 1 is 0.842 bits per heavy atom. The second-order valence-electron chi connectivity index (χ2n) is 3.46. The van der Waals surface area contributed by atoms with Crippen molar-refractivity contribution in [2.75, 3.05) is 0 Å². The molecule has 0 aromatic heterocycles. The van der Waals surface area contributed by atoms with Gasteiger partial charge in [-0.15, -0.1) is 0 Å². The second kappa shape index (κ2) is 6.94. The lowest BCUT2D eigenvalue weighted by Gasteiger charge is -2.04. The van der Waals surface area contributed by atoms with Crippen LogP contribution in [0.5, 0.6) is 0 Å². The van der Waals surface area contributed by atoms with Crippen LogP contribution in [-0.2, 0) is 0 Å². The standard InChI is InChI=1S/C12H7F3.BH3O3/c13-9-6-10(12(15)11(14)7-9)8-4-2-1-3-5-8;2-1(3)4/h1-7H;2-4H. The van der Waals surface area contributed by atoms with E-state index in [1.54, 1.807) is 30.3 Å². The van der Waals surface area contributed by atoms with Crippen LogP contribution in [0.2, 0.25) is 0 Å². The van der Waals surface area contributed by atoms with Gasteiger partial charge in [0.05, 0.1) is 0 Å². The molecule has 0 aliphatic carbocycles. The highest BCUT2D eigenvalue weighted by Crippen LogP contribution is 2.25. The average molecular weight is 270 g/mol.